The van der Waals surface area contributed by atoms with E-state index < -0.39 is 4.92 Å². The summed E-state index contributed by atoms with van der Waals surface area (Å²) in [5.41, 5.74) is 3.54. The normalized spacial score (nSPS) is 11.2. The van der Waals surface area contributed by atoms with Gasteiger partial charge in [0.25, 0.3) is 0 Å². The van der Waals surface area contributed by atoms with Crippen LogP contribution in [0.1, 0.15) is 11.1 Å². The summed E-state index contributed by atoms with van der Waals surface area (Å²) in [6, 6.07) is 11.1. The highest BCUT2D eigenvalue weighted by molar-refractivity contribution is 7.99. The highest BCUT2D eigenvalue weighted by Crippen LogP contribution is 2.34. The largest absolute Gasteiger partial charge is 0.362 e. The number of rotatable bonds is 4. The Hall–Kier alpha value is -3.27. The summed E-state index contributed by atoms with van der Waals surface area (Å²) in [5, 5.41) is 23.9. The molecule has 10 heteroatoms. The van der Waals surface area contributed by atoms with Crippen LogP contribution in [0.3, 0.4) is 0 Å². The molecule has 130 valence electrons. The molecule has 0 saturated carbocycles. The number of nitrogens with zero attached hydrogens (tertiary/aromatic N) is 7. The lowest BCUT2D eigenvalue weighted by Gasteiger charge is -2.06. The maximum absolute atomic E-state index is 11.5. The summed E-state index contributed by atoms with van der Waals surface area (Å²) in [5.74, 6) is -0.111. The third-order valence-corrected chi connectivity index (χ3v) is 4.92. The zero-order chi connectivity index (χ0) is 18.3. The molecule has 0 spiro atoms. The monoisotopic (exact) mass is 367 g/mol. The highest BCUT2D eigenvalue weighted by Gasteiger charge is 2.25. The Morgan fingerprint density at radius 1 is 1.15 bits per heavy atom. The second-order valence-corrected chi connectivity index (χ2v) is 6.63. The maximum Gasteiger partial charge on any atom is 0.362 e. The van der Waals surface area contributed by atoms with Gasteiger partial charge in [0.2, 0.25) is 15.8 Å². The van der Waals surface area contributed by atoms with E-state index in [1.165, 1.54) is 4.40 Å². The van der Waals surface area contributed by atoms with Crippen molar-refractivity contribution in [2.75, 3.05) is 0 Å². The SMILES string of the molecule is Cc1ccc(-n2nnnc2Sc2nc3ccccn3c2[N+](=O)[O-])cc1C. The Morgan fingerprint density at radius 3 is 2.77 bits per heavy atom. The predicted octanol–water partition coefficient (Wildman–Crippen LogP) is 2.99. The van der Waals surface area contributed by atoms with E-state index in [0.717, 1.165) is 28.6 Å². The summed E-state index contributed by atoms with van der Waals surface area (Å²) in [4.78, 5) is 15.4. The number of hydrogen-bond donors (Lipinski definition) is 0. The number of imidazole rings is 1. The Bertz CT molecular complexity index is 1130. The molecule has 0 N–H and O–H groups in total. The van der Waals surface area contributed by atoms with Gasteiger partial charge in [-0.05, 0) is 70.3 Å². The van der Waals surface area contributed by atoms with Crippen molar-refractivity contribution in [3.8, 4) is 5.69 Å². The molecular formula is C16H13N7O2S. The molecule has 0 fully saturated rings. The number of benzene rings is 1. The second-order valence-electron chi connectivity index (χ2n) is 5.67. The molecule has 3 aromatic heterocycles. The molecule has 0 atom stereocenters. The van der Waals surface area contributed by atoms with E-state index in [9.17, 15) is 10.1 Å². The quantitative estimate of drug-likeness (QED) is 0.403. The fourth-order valence-electron chi connectivity index (χ4n) is 2.54. The number of tetrazole rings is 1. The van der Waals surface area contributed by atoms with Crippen molar-refractivity contribution >= 4 is 23.2 Å². The van der Waals surface area contributed by atoms with E-state index in [2.05, 4.69) is 20.5 Å². The van der Waals surface area contributed by atoms with Gasteiger partial charge in [-0.1, -0.05) is 12.1 Å². The first-order valence-corrected chi connectivity index (χ1v) is 8.51. The van der Waals surface area contributed by atoms with Crippen molar-refractivity contribution in [2.24, 2.45) is 0 Å². The van der Waals surface area contributed by atoms with E-state index in [1.807, 2.05) is 32.0 Å². The van der Waals surface area contributed by atoms with Crippen LogP contribution in [0.5, 0.6) is 0 Å². The predicted molar refractivity (Wildman–Crippen MR) is 94.6 cm³/mol. The Balaban J connectivity index is 1.79. The first-order valence-electron chi connectivity index (χ1n) is 7.70. The van der Waals surface area contributed by atoms with Crippen molar-refractivity contribution in [3.05, 3.63) is 63.8 Å². The lowest BCUT2D eigenvalue weighted by molar-refractivity contribution is -0.393. The molecule has 0 radical (unpaired) electrons. The summed E-state index contributed by atoms with van der Waals surface area (Å²) >= 11 is 1.06. The van der Waals surface area contributed by atoms with Gasteiger partial charge in [0.1, 0.15) is 0 Å². The van der Waals surface area contributed by atoms with Crippen LogP contribution >= 0.6 is 11.8 Å². The maximum atomic E-state index is 11.5. The van der Waals surface area contributed by atoms with Crippen LogP contribution in [0.25, 0.3) is 11.3 Å². The van der Waals surface area contributed by atoms with Gasteiger partial charge in [0.05, 0.1) is 11.9 Å². The number of nitro groups is 1. The molecule has 0 aliphatic heterocycles. The van der Waals surface area contributed by atoms with Gasteiger partial charge in [-0.2, -0.15) is 14.1 Å². The zero-order valence-electron chi connectivity index (χ0n) is 13.9. The van der Waals surface area contributed by atoms with Crippen molar-refractivity contribution < 1.29 is 4.92 Å². The average Bonchev–Trinajstić information content (AvgIpc) is 3.21. The van der Waals surface area contributed by atoms with Crippen LogP contribution < -0.4 is 0 Å². The van der Waals surface area contributed by atoms with Crippen molar-refractivity contribution in [1.29, 1.82) is 0 Å². The van der Waals surface area contributed by atoms with Crippen LogP contribution in [0.2, 0.25) is 0 Å². The Labute approximate surface area is 151 Å². The van der Waals surface area contributed by atoms with E-state index >= 15 is 0 Å². The second kappa shape index (κ2) is 6.23. The smallest absolute Gasteiger partial charge is 0.358 e. The lowest BCUT2D eigenvalue weighted by Crippen LogP contribution is -2.00. The summed E-state index contributed by atoms with van der Waals surface area (Å²) in [6.07, 6.45) is 1.61. The highest BCUT2D eigenvalue weighted by atomic mass is 32.2. The summed E-state index contributed by atoms with van der Waals surface area (Å²) in [7, 11) is 0. The van der Waals surface area contributed by atoms with Crippen LogP contribution in [0.4, 0.5) is 5.82 Å². The van der Waals surface area contributed by atoms with Gasteiger partial charge < -0.3 is 10.1 Å². The average molecular weight is 367 g/mol. The van der Waals surface area contributed by atoms with Crippen LogP contribution in [0.15, 0.2) is 52.8 Å². The minimum atomic E-state index is -0.452. The van der Waals surface area contributed by atoms with E-state index in [-0.39, 0.29) is 10.8 Å². The third-order valence-electron chi connectivity index (χ3n) is 4.01. The van der Waals surface area contributed by atoms with E-state index in [0.29, 0.717) is 10.8 Å². The molecule has 26 heavy (non-hydrogen) atoms. The molecule has 0 bridgehead atoms. The molecule has 0 saturated heterocycles. The van der Waals surface area contributed by atoms with Gasteiger partial charge in [-0.25, -0.2) is 0 Å². The van der Waals surface area contributed by atoms with Crippen LogP contribution in [-0.2, 0) is 0 Å². The third kappa shape index (κ3) is 2.69. The summed E-state index contributed by atoms with van der Waals surface area (Å²) in [6.45, 7) is 4.03. The molecule has 3 heterocycles. The van der Waals surface area contributed by atoms with Gasteiger partial charge >= 0.3 is 5.82 Å². The molecule has 0 aliphatic carbocycles. The van der Waals surface area contributed by atoms with Crippen molar-refractivity contribution in [2.45, 2.75) is 24.0 Å². The number of pyridine rings is 1. The topological polar surface area (TPSA) is 104 Å². The van der Waals surface area contributed by atoms with Crippen LogP contribution in [-0.4, -0.2) is 34.5 Å². The standard InChI is InChI=1S/C16H13N7O2S/c1-10-6-7-12(9-11(10)2)22-16(18-19-20-22)26-14-15(23(24)25)21-8-4-3-5-13(21)17-14/h3-9H,1-2H3. The number of hydrogen-bond acceptors (Lipinski definition) is 7. The van der Waals surface area contributed by atoms with E-state index in [1.54, 1.807) is 29.1 Å². The van der Waals surface area contributed by atoms with Gasteiger partial charge in [0.15, 0.2) is 0 Å². The fourth-order valence-corrected chi connectivity index (χ4v) is 3.43. The van der Waals surface area contributed by atoms with E-state index in [4.69, 9.17) is 0 Å². The molecule has 0 aliphatic rings. The lowest BCUT2D eigenvalue weighted by atomic mass is 10.1. The van der Waals surface area contributed by atoms with Gasteiger partial charge in [-0.3, -0.25) is 0 Å². The van der Waals surface area contributed by atoms with Crippen molar-refractivity contribution in [3.63, 3.8) is 0 Å². The number of aryl methyl sites for hydroxylation is 2. The molecule has 0 amide bonds. The molecular weight excluding hydrogens is 354 g/mol. The summed E-state index contributed by atoms with van der Waals surface area (Å²) < 4.78 is 2.98. The molecule has 0 unspecified atom stereocenters. The Kier molecular flexibility index (Phi) is 3.88. The number of fused-ring (bicyclic) bond motifs is 1. The Morgan fingerprint density at radius 2 is 2.00 bits per heavy atom. The molecule has 1 aromatic carbocycles. The first kappa shape index (κ1) is 16.2. The molecule has 9 nitrogen and oxygen atoms in total. The van der Waals surface area contributed by atoms with Crippen LogP contribution in [0, 0.1) is 24.0 Å². The number of aromatic nitrogens is 6. The van der Waals surface area contributed by atoms with Gasteiger partial charge in [0, 0.05) is 6.07 Å². The minimum absolute atomic E-state index is 0.111. The van der Waals surface area contributed by atoms with Crippen molar-refractivity contribution in [1.82, 2.24) is 29.6 Å². The zero-order valence-corrected chi connectivity index (χ0v) is 14.7. The minimum Gasteiger partial charge on any atom is -0.358 e. The molecule has 4 aromatic rings. The fraction of sp³-hybridized carbons (Fsp3) is 0.125. The first-order chi connectivity index (χ1) is 12.5. The molecule has 4 rings (SSSR count). The van der Waals surface area contributed by atoms with Gasteiger partial charge in [-0.15, -0.1) is 5.10 Å².